The Morgan fingerprint density at radius 1 is 1.11 bits per heavy atom. The molecule has 4 nitrogen and oxygen atoms in total. The molecule has 2 amide bonds. The topological polar surface area (TPSA) is 44.4 Å². The monoisotopic (exact) mass is 401 g/mol. The van der Waals surface area contributed by atoms with Crippen molar-refractivity contribution in [3.05, 3.63) is 64.2 Å². The number of urea groups is 1. The molecule has 9 heteroatoms. The zero-order chi connectivity index (χ0) is 19.6. The van der Waals surface area contributed by atoms with Crippen molar-refractivity contribution >= 4 is 23.3 Å². The first-order chi connectivity index (χ1) is 12.8. The molecule has 1 unspecified atom stereocenters. The van der Waals surface area contributed by atoms with E-state index in [0.29, 0.717) is 23.7 Å². The number of nitrogens with one attached hydrogen (secondary N) is 2. The van der Waals surface area contributed by atoms with Crippen molar-refractivity contribution < 1.29 is 22.4 Å². The maximum Gasteiger partial charge on any atom is 0.416 e. The van der Waals surface area contributed by atoms with Crippen LogP contribution >= 0.6 is 11.6 Å². The van der Waals surface area contributed by atoms with E-state index in [9.17, 15) is 22.4 Å². The third-order valence-corrected chi connectivity index (χ3v) is 4.53. The second kappa shape index (κ2) is 7.74. The first-order valence-corrected chi connectivity index (χ1v) is 8.53. The number of carbonyl (C=O) groups excluding carboxylic acids is 1. The average Bonchev–Trinajstić information content (AvgIpc) is 2.64. The van der Waals surface area contributed by atoms with Crippen LogP contribution in [0.25, 0.3) is 0 Å². The fourth-order valence-electron chi connectivity index (χ4n) is 2.98. The van der Waals surface area contributed by atoms with Crippen LogP contribution in [-0.4, -0.2) is 25.8 Å². The smallest absolute Gasteiger partial charge is 0.335 e. The van der Waals surface area contributed by atoms with Gasteiger partial charge in [0, 0.05) is 24.0 Å². The molecule has 1 heterocycles. The molecular formula is C18H16ClF4N3O. The molecule has 144 valence electrons. The van der Waals surface area contributed by atoms with Gasteiger partial charge in [0.05, 0.1) is 11.3 Å². The van der Waals surface area contributed by atoms with Gasteiger partial charge in [-0.05, 0) is 35.4 Å². The van der Waals surface area contributed by atoms with Gasteiger partial charge in [0.15, 0.2) is 0 Å². The highest BCUT2D eigenvalue weighted by Crippen LogP contribution is 2.40. The summed E-state index contributed by atoms with van der Waals surface area (Å²) in [6.07, 6.45) is -4.71. The second-order valence-electron chi connectivity index (χ2n) is 6.00. The summed E-state index contributed by atoms with van der Waals surface area (Å²) in [5.74, 6) is -1.10. The van der Waals surface area contributed by atoms with E-state index in [1.165, 1.54) is 36.4 Å². The molecule has 0 aromatic heterocycles. The van der Waals surface area contributed by atoms with E-state index < -0.39 is 30.4 Å². The van der Waals surface area contributed by atoms with Gasteiger partial charge in [-0.25, -0.2) is 15.2 Å². The first kappa shape index (κ1) is 19.4. The number of hydrogen-bond donors (Lipinski definition) is 2. The highest BCUT2D eigenvalue weighted by molar-refractivity contribution is 6.30. The maximum atomic E-state index is 13.7. The summed E-state index contributed by atoms with van der Waals surface area (Å²) in [5.41, 5.74) is 1.95. The summed E-state index contributed by atoms with van der Waals surface area (Å²) in [7, 11) is 0. The van der Waals surface area contributed by atoms with Gasteiger partial charge in [-0.2, -0.15) is 13.2 Å². The van der Waals surface area contributed by atoms with Crippen LogP contribution in [0.1, 0.15) is 22.6 Å². The van der Waals surface area contributed by atoms with Crippen molar-refractivity contribution in [1.82, 2.24) is 10.7 Å². The Bertz CT molecular complexity index is 826. The van der Waals surface area contributed by atoms with Crippen molar-refractivity contribution in [1.29, 1.82) is 0 Å². The third-order valence-electron chi connectivity index (χ3n) is 4.28. The van der Waals surface area contributed by atoms with Gasteiger partial charge in [0.2, 0.25) is 0 Å². The van der Waals surface area contributed by atoms with Gasteiger partial charge in [-0.3, -0.25) is 4.39 Å². The van der Waals surface area contributed by atoms with Crippen LogP contribution in [0.3, 0.4) is 0 Å². The number of anilines is 1. The number of carbonyl (C=O) groups is 1. The maximum absolute atomic E-state index is 13.7. The molecule has 0 saturated carbocycles. The normalized spacial score (nSPS) is 16.2. The van der Waals surface area contributed by atoms with Crippen LogP contribution in [0, 0.1) is 0 Å². The summed E-state index contributed by atoms with van der Waals surface area (Å²) >= 11 is 5.81. The molecule has 1 aliphatic rings. The molecule has 1 fully saturated rings. The van der Waals surface area contributed by atoms with Crippen LogP contribution < -0.4 is 15.8 Å². The van der Waals surface area contributed by atoms with Gasteiger partial charge < -0.3 is 5.32 Å². The number of alkyl halides is 4. The van der Waals surface area contributed by atoms with Gasteiger partial charge in [0.25, 0.3) is 0 Å². The molecule has 1 saturated heterocycles. The van der Waals surface area contributed by atoms with E-state index in [1.54, 1.807) is 0 Å². The van der Waals surface area contributed by atoms with E-state index in [0.717, 1.165) is 11.1 Å². The van der Waals surface area contributed by atoms with Gasteiger partial charge in [-0.1, -0.05) is 29.8 Å². The van der Waals surface area contributed by atoms with E-state index in [4.69, 9.17) is 11.6 Å². The lowest BCUT2D eigenvalue weighted by Crippen LogP contribution is -2.56. The van der Waals surface area contributed by atoms with Crippen molar-refractivity contribution in [3.8, 4) is 0 Å². The van der Waals surface area contributed by atoms with Crippen LogP contribution in [-0.2, 0) is 6.18 Å². The van der Waals surface area contributed by atoms with Crippen LogP contribution in [0.15, 0.2) is 42.5 Å². The largest absolute Gasteiger partial charge is 0.416 e. The van der Waals surface area contributed by atoms with E-state index >= 15 is 0 Å². The number of rotatable bonds is 4. The van der Waals surface area contributed by atoms with Crippen LogP contribution in [0.2, 0.25) is 5.02 Å². The highest BCUT2D eigenvalue weighted by atomic mass is 35.5. The molecule has 3 rings (SSSR count). The Labute approximate surface area is 158 Å². The van der Waals surface area contributed by atoms with Gasteiger partial charge in [0.1, 0.15) is 6.67 Å². The van der Waals surface area contributed by atoms with Gasteiger partial charge in [-0.15, -0.1) is 0 Å². The molecule has 0 radical (unpaired) electrons. The Kier molecular flexibility index (Phi) is 5.57. The number of hydrazine groups is 1. The number of nitrogens with zero attached hydrogens (tertiary/aromatic N) is 1. The lowest BCUT2D eigenvalue weighted by atomic mass is 9.88. The summed E-state index contributed by atoms with van der Waals surface area (Å²) in [6, 6.07) is 8.88. The Morgan fingerprint density at radius 2 is 1.81 bits per heavy atom. The second-order valence-corrected chi connectivity index (χ2v) is 6.44. The predicted molar refractivity (Wildman–Crippen MR) is 94.6 cm³/mol. The molecule has 1 aliphatic heterocycles. The summed E-state index contributed by atoms with van der Waals surface area (Å²) < 4.78 is 54.8. The SMILES string of the molecule is O=C1NCCNN1c1ccc(C(CF)c2ccc(Cl)cc2)c(C(F)(F)F)c1. The quantitative estimate of drug-likeness (QED) is 0.741. The minimum absolute atomic E-state index is 0.0250. The van der Waals surface area contributed by atoms with Crippen molar-refractivity contribution in [2.45, 2.75) is 12.1 Å². The van der Waals surface area contributed by atoms with E-state index in [2.05, 4.69) is 10.7 Å². The average molecular weight is 402 g/mol. The number of benzene rings is 2. The fraction of sp³-hybridized carbons (Fsp3) is 0.278. The standard InChI is InChI=1S/C18H16ClF4N3O/c19-12-3-1-11(2-4-12)15(10-20)14-6-5-13(9-16(14)18(21,22)23)26-17(27)24-7-8-25-26/h1-6,9,15,25H,7-8,10H2,(H,24,27). The third kappa shape index (κ3) is 4.17. The number of hydrogen-bond acceptors (Lipinski definition) is 2. The number of halogens is 5. The molecule has 27 heavy (non-hydrogen) atoms. The molecule has 2 N–H and O–H groups in total. The Balaban J connectivity index is 2.06. The van der Waals surface area contributed by atoms with E-state index in [1.807, 2.05) is 0 Å². The highest BCUT2D eigenvalue weighted by Gasteiger charge is 2.37. The summed E-state index contributed by atoms with van der Waals surface area (Å²) in [4.78, 5) is 11.9. The first-order valence-electron chi connectivity index (χ1n) is 8.15. The van der Waals surface area contributed by atoms with Crippen molar-refractivity contribution in [2.75, 3.05) is 24.8 Å². The lowest BCUT2D eigenvalue weighted by molar-refractivity contribution is -0.138. The van der Waals surface area contributed by atoms with Crippen molar-refractivity contribution in [2.24, 2.45) is 0 Å². The fourth-order valence-corrected chi connectivity index (χ4v) is 3.10. The zero-order valence-electron chi connectivity index (χ0n) is 14.0. The minimum Gasteiger partial charge on any atom is -0.335 e. The van der Waals surface area contributed by atoms with Crippen LogP contribution in [0.4, 0.5) is 28.0 Å². The molecule has 1 atom stereocenters. The van der Waals surface area contributed by atoms with E-state index in [-0.39, 0.29) is 11.3 Å². The Morgan fingerprint density at radius 3 is 2.41 bits per heavy atom. The molecule has 0 bridgehead atoms. The summed E-state index contributed by atoms with van der Waals surface area (Å²) in [5, 5.41) is 3.96. The Hall–Kier alpha value is -2.32. The lowest BCUT2D eigenvalue weighted by Gasteiger charge is -2.29. The molecule has 2 aromatic rings. The predicted octanol–water partition coefficient (Wildman–Crippen LogP) is 4.49. The van der Waals surface area contributed by atoms with Crippen molar-refractivity contribution in [3.63, 3.8) is 0 Å². The number of amides is 2. The summed E-state index contributed by atoms with van der Waals surface area (Å²) in [6.45, 7) is -0.251. The van der Waals surface area contributed by atoms with Crippen LogP contribution in [0.5, 0.6) is 0 Å². The van der Waals surface area contributed by atoms with Gasteiger partial charge >= 0.3 is 12.2 Å². The minimum atomic E-state index is -4.71. The molecule has 0 aliphatic carbocycles. The molecule has 0 spiro atoms. The molecular weight excluding hydrogens is 386 g/mol. The molecule has 2 aromatic carbocycles. The zero-order valence-corrected chi connectivity index (χ0v) is 14.7.